The molecule has 18 rings (SSSR count). The van der Waals surface area contributed by atoms with E-state index in [1.54, 1.807) is 7.11 Å². The van der Waals surface area contributed by atoms with E-state index in [4.69, 9.17) is 4.74 Å². The summed E-state index contributed by atoms with van der Waals surface area (Å²) >= 11 is 0. The molecule has 7 unspecified atom stereocenters. The fourth-order valence-electron chi connectivity index (χ4n) is 23.0. The van der Waals surface area contributed by atoms with Gasteiger partial charge < -0.3 is 30.3 Å². The third-order valence-corrected chi connectivity index (χ3v) is 31.4. The molecular weight excluding hydrogens is 1270 g/mol. The van der Waals surface area contributed by atoms with Crippen LogP contribution < -0.4 is 0 Å². The Morgan fingerprint density at radius 3 is 1.10 bits per heavy atom. The van der Waals surface area contributed by atoms with E-state index in [2.05, 4.69) is 159 Å². The highest BCUT2D eigenvalue weighted by atomic mass is 16.5. The van der Waals surface area contributed by atoms with Crippen molar-refractivity contribution in [1.82, 2.24) is 24.5 Å². The first-order valence-electron chi connectivity index (χ1n) is 41.1. The third kappa shape index (κ3) is 14.3. The molecule has 5 saturated heterocycles. The molecule has 11 heteroatoms. The van der Waals surface area contributed by atoms with E-state index < -0.39 is 0 Å². The first-order valence-corrected chi connectivity index (χ1v) is 41.1. The molecule has 5 aromatic rings. The van der Waals surface area contributed by atoms with Crippen molar-refractivity contribution in [1.29, 1.82) is 0 Å². The number of methoxy groups -OCH3 is 1. The summed E-state index contributed by atoms with van der Waals surface area (Å²) < 4.78 is 5.25. The lowest BCUT2D eigenvalue weighted by molar-refractivity contribution is 0.000426. The average molecular weight is 1410 g/mol. The van der Waals surface area contributed by atoms with Crippen LogP contribution in [0.15, 0.2) is 91.0 Å². The number of fused-ring (bicyclic) bond motifs is 20. The molecule has 0 amide bonds. The fraction of sp³-hybridized carbons (Fsp3) is 0.674. The fourth-order valence-corrected chi connectivity index (χ4v) is 23.0. The Labute approximate surface area is 621 Å². The van der Waals surface area contributed by atoms with Crippen LogP contribution in [0.25, 0.3) is 0 Å². The van der Waals surface area contributed by atoms with Crippen molar-refractivity contribution in [3.05, 3.63) is 147 Å². The molecule has 16 atom stereocenters. The smallest absolute Gasteiger partial charge is 0.115 e. The van der Waals surface area contributed by atoms with Crippen LogP contribution in [-0.2, 0) is 63.9 Å². The van der Waals surface area contributed by atoms with E-state index in [-0.39, 0.29) is 27.1 Å². The standard InChI is InChI=1S/2C19H27NO.C19H29NO.C18H25NO.C17H25NO2/c1-13-17-10-14-4-5-15(21)11-16(14)19(13,3)8-9-20(17)12-18(2)6-7-18;1-12-18-10-15-6-7-16(21)11-17(15)19(12,3)8-9-20(18)13(2)14-4-5-14;1-13-17-10-14-6-7-15(21)11-16(14)19(13,5)8-9-20(17)12-18(2,3)4;1-12-17-9-14-5-6-15(20)10-16(14)18(12,2)7-8-19(17)11-13-3-4-13;1-12-16-10-13-4-5-14(19)11-15(13)17(12,2)6-7-18(16)8-9-20-3/h4-5,11,13,17,21H,6-10,12H2,1-3H3;6-7,11-14,18,21H,4-5,8-10H2,1-3H3;6-7,11,13,17,21H,8-10,12H2,1-5H3;5-6,10,12-13,17,20H,3-4,7-9,11H2,1-2H3;4-5,11-12,16,19H,6-10H2,1-3H3/t13?,17?,19-;12?,13-,18?,19-;13?,17?,19-;12-,17+,18+;12-,16?,17+/m11100/s1. The van der Waals surface area contributed by atoms with Crippen molar-refractivity contribution in [2.24, 2.45) is 52.3 Å². The maximum absolute atomic E-state index is 9.90. The number of benzene rings is 5. The molecule has 562 valence electrons. The van der Waals surface area contributed by atoms with Crippen LogP contribution in [0.1, 0.15) is 230 Å². The summed E-state index contributed by atoms with van der Waals surface area (Å²) in [5.41, 5.74) is 16.3. The zero-order valence-electron chi connectivity index (χ0n) is 66.4. The maximum Gasteiger partial charge on any atom is 0.115 e. The van der Waals surface area contributed by atoms with Gasteiger partial charge in [-0.3, -0.25) is 24.5 Å². The van der Waals surface area contributed by atoms with Crippen LogP contribution in [0.3, 0.4) is 0 Å². The summed E-state index contributed by atoms with van der Waals surface area (Å²) in [5.74, 6) is 7.30. The number of hydrogen-bond acceptors (Lipinski definition) is 11. The molecule has 5 heterocycles. The molecule has 0 radical (unpaired) electrons. The minimum absolute atomic E-state index is 0.195. The molecule has 5 aromatic carbocycles. The largest absolute Gasteiger partial charge is 0.508 e. The molecule has 5 N–H and O–H groups in total. The van der Waals surface area contributed by atoms with Crippen LogP contribution in [0, 0.1) is 52.3 Å². The van der Waals surface area contributed by atoms with E-state index in [1.807, 2.05) is 60.7 Å². The zero-order chi connectivity index (χ0) is 73.3. The van der Waals surface area contributed by atoms with Crippen LogP contribution >= 0.6 is 0 Å². The normalized spacial score (nSPS) is 35.3. The minimum atomic E-state index is 0.195. The Bertz CT molecular complexity index is 3780. The van der Waals surface area contributed by atoms with Crippen molar-refractivity contribution < 1.29 is 30.3 Å². The number of nitrogens with zero attached hydrogens (tertiary/aromatic N) is 5. The quantitative estimate of drug-likeness (QED) is 0.0917. The number of ether oxygens (including phenoxy) is 1. The number of piperidine rings is 5. The number of rotatable bonds is 10. The van der Waals surface area contributed by atoms with Gasteiger partial charge in [-0.05, 0) is 338 Å². The van der Waals surface area contributed by atoms with E-state index in [0.717, 1.165) is 69.7 Å². The highest BCUT2D eigenvalue weighted by molar-refractivity contribution is 5.49. The monoisotopic (exact) mass is 1400 g/mol. The lowest BCUT2D eigenvalue weighted by atomic mass is 9.58. The molecule has 8 fully saturated rings. The molecule has 11 nitrogen and oxygen atoms in total. The van der Waals surface area contributed by atoms with Crippen LogP contribution in [-0.4, -0.2) is 159 Å². The number of aromatic hydroxyl groups is 5. The summed E-state index contributed by atoms with van der Waals surface area (Å²) in [6.45, 7) is 47.6. The van der Waals surface area contributed by atoms with E-state index in [9.17, 15) is 25.5 Å². The second kappa shape index (κ2) is 28.1. The third-order valence-electron chi connectivity index (χ3n) is 31.4. The second-order valence-corrected chi connectivity index (χ2v) is 38.9. The summed E-state index contributed by atoms with van der Waals surface area (Å²) in [6.07, 6.45) is 20.3. The van der Waals surface area contributed by atoms with Crippen molar-refractivity contribution >= 4 is 0 Å². The lowest BCUT2D eigenvalue weighted by Gasteiger charge is -2.56. The van der Waals surface area contributed by atoms with Crippen LogP contribution in [0.5, 0.6) is 28.7 Å². The molecule has 5 aliphatic heterocycles. The highest BCUT2D eigenvalue weighted by Crippen LogP contribution is 2.57. The van der Waals surface area contributed by atoms with Crippen LogP contribution in [0.4, 0.5) is 0 Å². The average Bonchev–Trinajstić information content (AvgIpc) is 1.74. The Balaban J connectivity index is 0.000000109. The van der Waals surface area contributed by atoms with Crippen molar-refractivity contribution in [3.8, 4) is 28.7 Å². The summed E-state index contributed by atoms with van der Waals surface area (Å²) in [6, 6.07) is 34.1. The van der Waals surface area contributed by atoms with Crippen LogP contribution in [0.2, 0.25) is 0 Å². The summed E-state index contributed by atoms with van der Waals surface area (Å²) in [4.78, 5) is 13.6. The summed E-state index contributed by atoms with van der Waals surface area (Å²) in [5, 5.41) is 49.3. The van der Waals surface area contributed by atoms with Crippen molar-refractivity contribution in [2.75, 3.05) is 72.6 Å². The van der Waals surface area contributed by atoms with Gasteiger partial charge in [0, 0.05) is 69.5 Å². The Morgan fingerprint density at radius 2 is 0.738 bits per heavy atom. The molecule has 13 aliphatic rings. The van der Waals surface area contributed by atoms with Gasteiger partial charge in [-0.2, -0.15) is 0 Å². The molecule has 103 heavy (non-hydrogen) atoms. The van der Waals surface area contributed by atoms with Crippen molar-refractivity contribution in [3.63, 3.8) is 0 Å². The van der Waals surface area contributed by atoms with Gasteiger partial charge in [-0.15, -0.1) is 0 Å². The number of phenols is 5. The van der Waals surface area contributed by atoms with Gasteiger partial charge in [0.05, 0.1) is 6.61 Å². The number of hydrogen-bond donors (Lipinski definition) is 5. The van der Waals surface area contributed by atoms with Gasteiger partial charge in [0.15, 0.2) is 0 Å². The molecule has 10 bridgehead atoms. The first-order chi connectivity index (χ1) is 48.8. The van der Waals surface area contributed by atoms with Gasteiger partial charge in [0.2, 0.25) is 0 Å². The lowest BCUT2D eigenvalue weighted by Crippen LogP contribution is -2.60. The number of phenolic OH excluding ortho intramolecular Hbond substituents is 5. The van der Waals surface area contributed by atoms with Gasteiger partial charge in [-0.1, -0.05) is 127 Å². The Morgan fingerprint density at radius 1 is 0.417 bits per heavy atom. The SMILES string of the molecule is CC1C2Cc3ccc(O)cc3[C@]1(C)CCN2CC(C)(C)C.CC1C2Cc3ccc(O)cc3[C@]1(C)CCN2CC1(C)CC1.CC1C2Cc3ccc(O)cc3[C@]1(C)CCN2[C@H](C)C1CC1.COCCN1CC[C@@]2(C)c3cc(O)ccc3CC1[C@@H]2C.C[C@H]1[C@H]2Cc3ccc(O)cc3[C@]1(C)CCN2CC1CC1. The molecule has 0 aromatic heterocycles. The first kappa shape index (κ1) is 74.7. The number of likely N-dealkylation sites (tertiary alicyclic amines) is 5. The van der Waals surface area contributed by atoms with E-state index in [1.165, 1.54) is 172 Å². The zero-order valence-corrected chi connectivity index (χ0v) is 66.4. The van der Waals surface area contributed by atoms with Gasteiger partial charge >= 0.3 is 0 Å². The maximum atomic E-state index is 9.90. The topological polar surface area (TPSA) is 127 Å². The predicted octanol–water partition coefficient (Wildman–Crippen LogP) is 17.3. The van der Waals surface area contributed by atoms with E-state index >= 15 is 0 Å². The second-order valence-electron chi connectivity index (χ2n) is 38.9. The summed E-state index contributed by atoms with van der Waals surface area (Å²) in [7, 11) is 1.77. The van der Waals surface area contributed by atoms with Gasteiger partial charge in [-0.25, -0.2) is 0 Å². The highest BCUT2D eigenvalue weighted by Gasteiger charge is 2.55. The molecule has 3 saturated carbocycles. The van der Waals surface area contributed by atoms with Crippen molar-refractivity contribution in [2.45, 2.75) is 270 Å². The molecular formula is C92H133N5O6. The van der Waals surface area contributed by atoms with E-state index in [0.29, 0.717) is 99.4 Å². The Hall–Kier alpha value is -5.14. The predicted molar refractivity (Wildman–Crippen MR) is 420 cm³/mol. The Kier molecular flexibility index (Phi) is 20.4. The molecule has 8 aliphatic carbocycles. The minimum Gasteiger partial charge on any atom is -0.508 e. The van der Waals surface area contributed by atoms with Gasteiger partial charge in [0.1, 0.15) is 28.7 Å². The van der Waals surface area contributed by atoms with Gasteiger partial charge in [0.25, 0.3) is 0 Å². The molecule has 0 spiro atoms.